The van der Waals surface area contributed by atoms with E-state index >= 15 is 0 Å². The number of piperidine rings is 1. The third-order valence-electron chi connectivity index (χ3n) is 5.44. The molecule has 0 aliphatic carbocycles. The standard InChI is InChI=1S/C22H23N3O3/c26-20-13-18(17-10-4-5-11-19(17)24-20)22(28)25-12-6-7-15(14-25)21(27)23-16-8-2-1-3-9-16/h1-5,8-11,15,18H,6-7,12-14H2,(H,23,27)(H,24,26). The van der Waals surface area contributed by atoms with Crippen molar-refractivity contribution in [3.63, 3.8) is 0 Å². The van der Waals surface area contributed by atoms with Gasteiger partial charge in [-0.25, -0.2) is 0 Å². The quantitative estimate of drug-likeness (QED) is 0.863. The predicted molar refractivity (Wildman–Crippen MR) is 107 cm³/mol. The highest BCUT2D eigenvalue weighted by molar-refractivity contribution is 6.01. The summed E-state index contributed by atoms with van der Waals surface area (Å²) < 4.78 is 0. The highest BCUT2D eigenvalue weighted by Gasteiger charge is 2.36. The number of nitrogens with one attached hydrogen (secondary N) is 2. The van der Waals surface area contributed by atoms with Crippen LogP contribution >= 0.6 is 0 Å². The van der Waals surface area contributed by atoms with Crippen molar-refractivity contribution in [2.24, 2.45) is 5.92 Å². The summed E-state index contributed by atoms with van der Waals surface area (Å²) in [6, 6.07) is 16.8. The lowest BCUT2D eigenvalue weighted by Crippen LogP contribution is -2.46. The smallest absolute Gasteiger partial charge is 0.230 e. The van der Waals surface area contributed by atoms with Gasteiger partial charge in [0.15, 0.2) is 0 Å². The molecule has 4 rings (SSSR count). The molecule has 2 N–H and O–H groups in total. The minimum Gasteiger partial charge on any atom is -0.341 e. The van der Waals surface area contributed by atoms with Gasteiger partial charge in [0, 0.05) is 30.9 Å². The number of nitrogens with zero attached hydrogens (tertiary/aromatic N) is 1. The molecule has 6 nitrogen and oxygen atoms in total. The largest absolute Gasteiger partial charge is 0.341 e. The van der Waals surface area contributed by atoms with Crippen LogP contribution in [0.3, 0.4) is 0 Å². The first kappa shape index (κ1) is 18.2. The monoisotopic (exact) mass is 377 g/mol. The van der Waals surface area contributed by atoms with Gasteiger partial charge in [-0.05, 0) is 36.6 Å². The lowest BCUT2D eigenvalue weighted by Gasteiger charge is -2.35. The molecule has 2 heterocycles. The minimum atomic E-state index is -0.485. The van der Waals surface area contributed by atoms with Gasteiger partial charge in [0.25, 0.3) is 0 Å². The molecule has 1 fully saturated rings. The second-order valence-corrected chi connectivity index (χ2v) is 7.37. The van der Waals surface area contributed by atoms with Crippen molar-refractivity contribution in [3.05, 3.63) is 60.2 Å². The van der Waals surface area contributed by atoms with E-state index in [9.17, 15) is 14.4 Å². The molecule has 0 aromatic heterocycles. The van der Waals surface area contributed by atoms with Gasteiger partial charge < -0.3 is 15.5 Å². The second-order valence-electron chi connectivity index (χ2n) is 7.37. The van der Waals surface area contributed by atoms with E-state index in [1.165, 1.54) is 0 Å². The first-order valence-electron chi connectivity index (χ1n) is 9.65. The molecule has 1 saturated heterocycles. The summed E-state index contributed by atoms with van der Waals surface area (Å²) in [5.74, 6) is -1.01. The molecule has 0 bridgehead atoms. The molecular weight excluding hydrogens is 354 g/mol. The van der Waals surface area contributed by atoms with Crippen molar-refractivity contribution in [1.82, 2.24) is 4.90 Å². The molecule has 0 saturated carbocycles. The van der Waals surface area contributed by atoms with Crippen LogP contribution in [-0.4, -0.2) is 35.7 Å². The van der Waals surface area contributed by atoms with E-state index in [2.05, 4.69) is 10.6 Å². The van der Waals surface area contributed by atoms with Gasteiger partial charge in [-0.1, -0.05) is 36.4 Å². The number of carbonyl (C=O) groups excluding carboxylic acids is 3. The molecule has 28 heavy (non-hydrogen) atoms. The number of fused-ring (bicyclic) bond motifs is 1. The highest BCUT2D eigenvalue weighted by atomic mass is 16.2. The van der Waals surface area contributed by atoms with E-state index < -0.39 is 5.92 Å². The van der Waals surface area contributed by atoms with Crippen LogP contribution in [0.15, 0.2) is 54.6 Å². The van der Waals surface area contributed by atoms with Crippen molar-refractivity contribution < 1.29 is 14.4 Å². The number of hydrogen-bond acceptors (Lipinski definition) is 3. The molecule has 2 aliphatic heterocycles. The number of para-hydroxylation sites is 2. The summed E-state index contributed by atoms with van der Waals surface area (Å²) >= 11 is 0. The average molecular weight is 377 g/mol. The number of likely N-dealkylation sites (tertiary alicyclic amines) is 1. The maximum atomic E-state index is 13.2. The number of rotatable bonds is 3. The van der Waals surface area contributed by atoms with Crippen LogP contribution in [0, 0.1) is 5.92 Å². The lowest BCUT2D eigenvalue weighted by atomic mass is 9.88. The number of amides is 3. The number of hydrogen-bond donors (Lipinski definition) is 2. The van der Waals surface area contributed by atoms with Crippen LogP contribution in [0.25, 0.3) is 0 Å². The first-order valence-corrected chi connectivity index (χ1v) is 9.65. The van der Waals surface area contributed by atoms with Gasteiger partial charge in [0.2, 0.25) is 17.7 Å². The van der Waals surface area contributed by atoms with Crippen molar-refractivity contribution in [2.75, 3.05) is 23.7 Å². The van der Waals surface area contributed by atoms with Crippen LogP contribution in [0.5, 0.6) is 0 Å². The SMILES string of the molecule is O=C1CC(C(=O)N2CCCC(C(=O)Nc3ccccc3)C2)c2ccccc2N1. The summed E-state index contributed by atoms with van der Waals surface area (Å²) in [6.07, 6.45) is 1.68. The molecule has 0 radical (unpaired) electrons. The van der Waals surface area contributed by atoms with Gasteiger partial charge in [0.1, 0.15) is 0 Å². The maximum Gasteiger partial charge on any atom is 0.230 e. The first-order chi connectivity index (χ1) is 13.6. The molecule has 3 amide bonds. The van der Waals surface area contributed by atoms with Crippen molar-refractivity contribution in [3.8, 4) is 0 Å². The van der Waals surface area contributed by atoms with E-state index in [-0.39, 0.29) is 30.1 Å². The fourth-order valence-corrected chi connectivity index (χ4v) is 4.01. The van der Waals surface area contributed by atoms with Crippen LogP contribution in [0.4, 0.5) is 11.4 Å². The Bertz CT molecular complexity index is 897. The third-order valence-corrected chi connectivity index (χ3v) is 5.44. The van der Waals surface area contributed by atoms with Gasteiger partial charge in [-0.2, -0.15) is 0 Å². The Labute approximate surface area is 163 Å². The molecule has 2 aliphatic rings. The van der Waals surface area contributed by atoms with E-state index in [0.717, 1.165) is 24.1 Å². The van der Waals surface area contributed by atoms with Crippen molar-refractivity contribution >= 4 is 29.1 Å². The summed E-state index contributed by atoms with van der Waals surface area (Å²) in [6.45, 7) is 1.01. The third kappa shape index (κ3) is 3.76. The molecule has 6 heteroatoms. The Morgan fingerprint density at radius 2 is 1.79 bits per heavy atom. The van der Waals surface area contributed by atoms with Crippen LogP contribution in [0.2, 0.25) is 0 Å². The van der Waals surface area contributed by atoms with E-state index in [0.29, 0.717) is 18.8 Å². The average Bonchev–Trinajstić information content (AvgIpc) is 2.73. The highest BCUT2D eigenvalue weighted by Crippen LogP contribution is 2.34. The van der Waals surface area contributed by atoms with Gasteiger partial charge in [0.05, 0.1) is 11.8 Å². The molecule has 144 valence electrons. The normalized spacial score (nSPS) is 21.4. The fourth-order valence-electron chi connectivity index (χ4n) is 4.01. The maximum absolute atomic E-state index is 13.2. The summed E-state index contributed by atoms with van der Waals surface area (Å²) in [4.78, 5) is 39.7. The fraction of sp³-hybridized carbons (Fsp3) is 0.318. The zero-order chi connectivity index (χ0) is 19.5. The molecular formula is C22H23N3O3. The molecule has 0 spiro atoms. The van der Waals surface area contributed by atoms with E-state index in [4.69, 9.17) is 0 Å². The topological polar surface area (TPSA) is 78.5 Å². The number of benzene rings is 2. The summed E-state index contributed by atoms with van der Waals surface area (Å²) in [5, 5.41) is 5.76. The van der Waals surface area contributed by atoms with E-state index in [1.54, 1.807) is 4.90 Å². The minimum absolute atomic E-state index is 0.0644. The van der Waals surface area contributed by atoms with Crippen LogP contribution in [0.1, 0.15) is 30.7 Å². The zero-order valence-electron chi connectivity index (χ0n) is 15.6. The lowest BCUT2D eigenvalue weighted by molar-refractivity contribution is -0.137. The van der Waals surface area contributed by atoms with Gasteiger partial charge in [-0.3, -0.25) is 14.4 Å². The van der Waals surface area contributed by atoms with Crippen LogP contribution in [-0.2, 0) is 14.4 Å². The number of carbonyl (C=O) groups is 3. The number of anilines is 2. The predicted octanol–water partition coefficient (Wildman–Crippen LogP) is 2.99. The Hall–Kier alpha value is -3.15. The Morgan fingerprint density at radius 3 is 2.61 bits per heavy atom. The van der Waals surface area contributed by atoms with Crippen molar-refractivity contribution in [2.45, 2.75) is 25.2 Å². The van der Waals surface area contributed by atoms with Crippen LogP contribution < -0.4 is 10.6 Å². The summed E-state index contributed by atoms with van der Waals surface area (Å²) in [7, 11) is 0. The molecule has 2 atom stereocenters. The molecule has 2 unspecified atom stereocenters. The van der Waals surface area contributed by atoms with Gasteiger partial charge in [-0.15, -0.1) is 0 Å². The van der Waals surface area contributed by atoms with Gasteiger partial charge >= 0.3 is 0 Å². The summed E-state index contributed by atoms with van der Waals surface area (Å²) in [5.41, 5.74) is 2.31. The second kappa shape index (κ2) is 7.84. The molecule has 2 aromatic carbocycles. The Kier molecular flexibility index (Phi) is 5.10. The Morgan fingerprint density at radius 1 is 1.04 bits per heavy atom. The van der Waals surface area contributed by atoms with Crippen molar-refractivity contribution in [1.29, 1.82) is 0 Å². The van der Waals surface area contributed by atoms with E-state index in [1.807, 2.05) is 54.6 Å². The Balaban J connectivity index is 1.47. The molecule has 2 aromatic rings. The zero-order valence-corrected chi connectivity index (χ0v) is 15.6.